The molecular weight excluding hydrogens is 424 g/mol. The van der Waals surface area contributed by atoms with Gasteiger partial charge in [0.1, 0.15) is 11.5 Å². The number of nitrogens with one attached hydrogen (secondary N) is 1. The van der Waals surface area contributed by atoms with Crippen LogP contribution in [0.1, 0.15) is 28.3 Å². The van der Waals surface area contributed by atoms with Gasteiger partial charge in [-0.1, -0.05) is 42.5 Å². The monoisotopic (exact) mass is 446 g/mol. The number of sulfone groups is 1. The van der Waals surface area contributed by atoms with Gasteiger partial charge in [-0.25, -0.2) is 8.42 Å². The standard InChI is InChI=1S/C25H22N2O4S/c28-25(24-11-10-19(31-24)17-32(29,30)20-6-2-1-3-7-20)27-14-12-18(13-15-27)22-16-26-23-9-5-4-8-21(22)23/h1-12,16,26H,13-15,17H2. The number of para-hydroxylation sites is 1. The molecule has 1 amide bonds. The van der Waals surface area contributed by atoms with Gasteiger partial charge in [0.05, 0.1) is 4.90 Å². The zero-order chi connectivity index (χ0) is 22.1. The summed E-state index contributed by atoms with van der Waals surface area (Å²) in [7, 11) is -3.53. The number of rotatable bonds is 5. The number of aromatic nitrogens is 1. The summed E-state index contributed by atoms with van der Waals surface area (Å²) in [5.41, 5.74) is 3.47. The van der Waals surface area contributed by atoms with E-state index in [0.717, 1.165) is 11.9 Å². The van der Waals surface area contributed by atoms with E-state index in [1.54, 1.807) is 47.4 Å². The van der Waals surface area contributed by atoms with Gasteiger partial charge in [0, 0.05) is 35.8 Å². The fourth-order valence-electron chi connectivity index (χ4n) is 4.06. The van der Waals surface area contributed by atoms with Gasteiger partial charge in [-0.05, 0) is 42.3 Å². The predicted octanol–water partition coefficient (Wildman–Crippen LogP) is 4.66. The van der Waals surface area contributed by atoms with E-state index in [9.17, 15) is 13.2 Å². The number of aromatic amines is 1. The fourth-order valence-corrected chi connectivity index (χ4v) is 5.33. The third-order valence-corrected chi connectivity index (χ3v) is 7.39. The van der Waals surface area contributed by atoms with Gasteiger partial charge >= 0.3 is 0 Å². The molecule has 162 valence electrons. The van der Waals surface area contributed by atoms with Gasteiger partial charge in [0.25, 0.3) is 5.91 Å². The van der Waals surface area contributed by atoms with E-state index in [2.05, 4.69) is 17.1 Å². The van der Waals surface area contributed by atoms with Crippen molar-refractivity contribution in [2.45, 2.75) is 17.1 Å². The molecule has 32 heavy (non-hydrogen) atoms. The number of fused-ring (bicyclic) bond motifs is 1. The van der Waals surface area contributed by atoms with Gasteiger partial charge in [0.2, 0.25) is 0 Å². The topological polar surface area (TPSA) is 83.4 Å². The van der Waals surface area contributed by atoms with Crippen molar-refractivity contribution in [3.63, 3.8) is 0 Å². The number of carbonyl (C=O) groups is 1. The lowest BCUT2D eigenvalue weighted by atomic mass is 9.99. The molecule has 2 aromatic heterocycles. The van der Waals surface area contributed by atoms with Crippen LogP contribution in [0.5, 0.6) is 0 Å². The van der Waals surface area contributed by atoms with Crippen molar-refractivity contribution in [2.75, 3.05) is 13.1 Å². The number of hydrogen-bond donors (Lipinski definition) is 1. The van der Waals surface area contributed by atoms with Crippen molar-refractivity contribution >= 4 is 32.2 Å². The Kier molecular flexibility index (Phi) is 5.19. The second kappa shape index (κ2) is 8.16. The first kappa shape index (κ1) is 20.3. The van der Waals surface area contributed by atoms with E-state index in [0.29, 0.717) is 13.1 Å². The molecule has 4 aromatic rings. The number of nitrogens with zero attached hydrogens (tertiary/aromatic N) is 1. The average molecular weight is 447 g/mol. The fraction of sp³-hybridized carbons (Fsp3) is 0.160. The third-order valence-electron chi connectivity index (χ3n) is 5.74. The maximum atomic E-state index is 12.9. The molecule has 0 unspecified atom stereocenters. The normalized spacial score (nSPS) is 14.5. The van der Waals surface area contributed by atoms with Crippen molar-refractivity contribution < 1.29 is 17.6 Å². The summed E-state index contributed by atoms with van der Waals surface area (Å²) in [4.78, 5) is 18.1. The first-order valence-electron chi connectivity index (χ1n) is 10.4. The van der Waals surface area contributed by atoms with Gasteiger partial charge in [-0.2, -0.15) is 0 Å². The van der Waals surface area contributed by atoms with Crippen molar-refractivity contribution in [1.29, 1.82) is 0 Å². The molecule has 1 aliphatic heterocycles. The molecule has 3 heterocycles. The van der Waals surface area contributed by atoms with E-state index in [1.807, 2.05) is 24.4 Å². The van der Waals surface area contributed by atoms with Crippen LogP contribution in [0.2, 0.25) is 0 Å². The van der Waals surface area contributed by atoms with E-state index < -0.39 is 9.84 Å². The Morgan fingerprint density at radius 1 is 1.00 bits per heavy atom. The molecule has 0 bridgehead atoms. The summed E-state index contributed by atoms with van der Waals surface area (Å²) in [6, 6.07) is 19.5. The minimum atomic E-state index is -3.53. The van der Waals surface area contributed by atoms with E-state index in [-0.39, 0.29) is 28.1 Å². The highest BCUT2D eigenvalue weighted by molar-refractivity contribution is 7.90. The minimum absolute atomic E-state index is 0.159. The van der Waals surface area contributed by atoms with Gasteiger partial charge in [-0.15, -0.1) is 0 Å². The zero-order valence-electron chi connectivity index (χ0n) is 17.3. The molecule has 0 aliphatic carbocycles. The van der Waals surface area contributed by atoms with Crippen LogP contribution in [-0.2, 0) is 15.6 Å². The highest BCUT2D eigenvalue weighted by Crippen LogP contribution is 2.29. The summed E-state index contributed by atoms with van der Waals surface area (Å²) >= 11 is 0. The third kappa shape index (κ3) is 3.87. The van der Waals surface area contributed by atoms with Crippen molar-refractivity contribution in [2.24, 2.45) is 0 Å². The summed E-state index contributed by atoms with van der Waals surface area (Å²) in [6.45, 7) is 1.05. The largest absolute Gasteiger partial charge is 0.455 e. The first-order valence-corrected chi connectivity index (χ1v) is 12.1. The molecule has 6 nitrogen and oxygen atoms in total. The number of H-pyrrole nitrogens is 1. The highest BCUT2D eigenvalue weighted by Gasteiger charge is 2.24. The molecule has 0 radical (unpaired) electrons. The lowest BCUT2D eigenvalue weighted by molar-refractivity contribution is 0.0739. The number of hydrogen-bond acceptors (Lipinski definition) is 4. The number of amides is 1. The Morgan fingerprint density at radius 3 is 2.56 bits per heavy atom. The molecule has 5 rings (SSSR count). The summed E-state index contributed by atoms with van der Waals surface area (Å²) < 4.78 is 30.7. The lowest BCUT2D eigenvalue weighted by Gasteiger charge is -2.25. The Hall–Kier alpha value is -3.58. The number of benzene rings is 2. The predicted molar refractivity (Wildman–Crippen MR) is 123 cm³/mol. The van der Waals surface area contributed by atoms with Crippen LogP contribution >= 0.6 is 0 Å². The molecule has 0 spiro atoms. The summed E-state index contributed by atoms with van der Waals surface area (Å²) in [5, 5.41) is 1.17. The SMILES string of the molecule is O=C(c1ccc(CS(=O)(=O)c2ccccc2)o1)N1CC=C(c2c[nH]c3ccccc23)CC1. The smallest absolute Gasteiger partial charge is 0.289 e. The van der Waals surface area contributed by atoms with Crippen LogP contribution in [0.25, 0.3) is 16.5 Å². The van der Waals surface area contributed by atoms with Crippen molar-refractivity contribution in [1.82, 2.24) is 9.88 Å². The summed E-state index contributed by atoms with van der Waals surface area (Å²) in [5.74, 6) is -0.103. The lowest BCUT2D eigenvalue weighted by Crippen LogP contribution is -2.34. The zero-order valence-corrected chi connectivity index (χ0v) is 18.1. The van der Waals surface area contributed by atoms with Crippen molar-refractivity contribution in [3.8, 4) is 0 Å². The van der Waals surface area contributed by atoms with Gasteiger partial charge < -0.3 is 14.3 Å². The molecule has 0 fully saturated rings. The van der Waals surface area contributed by atoms with Gasteiger partial charge in [0.15, 0.2) is 15.6 Å². The number of furan rings is 1. The highest BCUT2D eigenvalue weighted by atomic mass is 32.2. The second-order valence-corrected chi connectivity index (χ2v) is 9.81. The van der Waals surface area contributed by atoms with Crippen LogP contribution in [0.15, 0.2) is 88.3 Å². The van der Waals surface area contributed by atoms with Crippen LogP contribution in [0, 0.1) is 0 Å². The Labute approximate surface area is 186 Å². The van der Waals surface area contributed by atoms with Gasteiger partial charge in [-0.3, -0.25) is 4.79 Å². The Bertz CT molecular complexity index is 1410. The second-order valence-electron chi connectivity index (χ2n) is 7.82. The minimum Gasteiger partial charge on any atom is -0.455 e. The Balaban J connectivity index is 1.28. The molecule has 1 N–H and O–H groups in total. The van der Waals surface area contributed by atoms with E-state index >= 15 is 0 Å². The van der Waals surface area contributed by atoms with Crippen LogP contribution < -0.4 is 0 Å². The Morgan fingerprint density at radius 2 is 1.78 bits per heavy atom. The molecule has 1 aliphatic rings. The molecule has 0 atom stereocenters. The molecular formula is C25H22N2O4S. The molecule has 2 aromatic carbocycles. The van der Waals surface area contributed by atoms with E-state index in [4.69, 9.17) is 4.42 Å². The molecule has 0 saturated carbocycles. The average Bonchev–Trinajstić information content (AvgIpc) is 3.46. The molecule has 7 heteroatoms. The molecule has 0 saturated heterocycles. The number of carbonyl (C=O) groups excluding carboxylic acids is 1. The first-order chi connectivity index (χ1) is 15.5. The van der Waals surface area contributed by atoms with Crippen LogP contribution in [0.3, 0.4) is 0 Å². The van der Waals surface area contributed by atoms with E-state index in [1.165, 1.54) is 16.5 Å². The maximum absolute atomic E-state index is 12.9. The maximum Gasteiger partial charge on any atom is 0.289 e. The van der Waals surface area contributed by atoms with Crippen LogP contribution in [-0.4, -0.2) is 37.3 Å². The van der Waals surface area contributed by atoms with Crippen molar-refractivity contribution in [3.05, 3.63) is 96.1 Å². The summed E-state index contributed by atoms with van der Waals surface area (Å²) in [6.07, 6.45) is 4.82. The van der Waals surface area contributed by atoms with Crippen LogP contribution in [0.4, 0.5) is 0 Å². The quantitative estimate of drug-likeness (QED) is 0.483.